The summed E-state index contributed by atoms with van der Waals surface area (Å²) in [5, 5.41) is 10.6. The van der Waals surface area contributed by atoms with E-state index in [0.29, 0.717) is 16.2 Å². The van der Waals surface area contributed by atoms with Crippen LogP contribution in [0.2, 0.25) is 5.02 Å². The number of hydrogen-bond donors (Lipinski definition) is 2. The lowest BCUT2D eigenvalue weighted by Crippen LogP contribution is -1.90. The van der Waals surface area contributed by atoms with E-state index in [-0.39, 0.29) is 5.88 Å². The van der Waals surface area contributed by atoms with Gasteiger partial charge in [-0.25, -0.2) is 4.98 Å². The van der Waals surface area contributed by atoms with Crippen molar-refractivity contribution >= 4 is 28.2 Å². The molecule has 1 aromatic carbocycles. The monoisotopic (exact) mass is 208 g/mol. The number of hydrogen-bond acceptors (Lipinski definition) is 3. The molecule has 0 atom stereocenters. The van der Waals surface area contributed by atoms with E-state index in [0.717, 1.165) is 10.9 Å². The molecule has 72 valence electrons. The molecule has 0 spiro atoms. The lowest BCUT2D eigenvalue weighted by Gasteiger charge is -2.06. The number of aromatic nitrogens is 1. The second-order valence-electron chi connectivity index (χ2n) is 3.16. The van der Waals surface area contributed by atoms with Gasteiger partial charge in [-0.2, -0.15) is 0 Å². The number of aromatic hydroxyl groups is 1. The summed E-state index contributed by atoms with van der Waals surface area (Å²) in [5.41, 5.74) is 7.71. The third-order valence-corrected chi connectivity index (χ3v) is 2.53. The largest absolute Gasteiger partial charge is 0.493 e. The minimum atomic E-state index is -0.00385. The van der Waals surface area contributed by atoms with Crippen LogP contribution in [0.5, 0.6) is 5.88 Å². The van der Waals surface area contributed by atoms with Gasteiger partial charge >= 0.3 is 0 Å². The first-order valence-corrected chi connectivity index (χ1v) is 4.51. The first-order valence-electron chi connectivity index (χ1n) is 4.14. The third-order valence-electron chi connectivity index (χ3n) is 2.12. The number of benzene rings is 1. The highest BCUT2D eigenvalue weighted by molar-refractivity contribution is 6.38. The average Bonchev–Trinajstić information content (AvgIpc) is 2.10. The second kappa shape index (κ2) is 3.03. The van der Waals surface area contributed by atoms with Crippen molar-refractivity contribution in [2.75, 3.05) is 5.73 Å². The molecule has 0 fully saturated rings. The Morgan fingerprint density at radius 3 is 2.86 bits per heavy atom. The van der Waals surface area contributed by atoms with Crippen LogP contribution < -0.4 is 5.73 Å². The van der Waals surface area contributed by atoms with E-state index in [1.165, 1.54) is 0 Å². The smallest absolute Gasteiger partial charge is 0.211 e. The highest BCUT2D eigenvalue weighted by atomic mass is 35.5. The minimum Gasteiger partial charge on any atom is -0.493 e. The molecule has 3 N–H and O–H groups in total. The van der Waals surface area contributed by atoms with Gasteiger partial charge in [0.05, 0.1) is 16.2 Å². The topological polar surface area (TPSA) is 59.1 Å². The van der Waals surface area contributed by atoms with Gasteiger partial charge in [0, 0.05) is 11.5 Å². The first-order chi connectivity index (χ1) is 6.59. The molecule has 0 aliphatic rings. The number of rotatable bonds is 0. The molecule has 1 heterocycles. The van der Waals surface area contributed by atoms with Gasteiger partial charge in [0.2, 0.25) is 5.88 Å². The molecule has 14 heavy (non-hydrogen) atoms. The van der Waals surface area contributed by atoms with Crippen molar-refractivity contribution in [2.24, 2.45) is 0 Å². The zero-order valence-electron chi connectivity index (χ0n) is 7.58. The number of nitrogens with zero attached hydrogens (tertiary/aromatic N) is 1. The van der Waals surface area contributed by atoms with Gasteiger partial charge in [0.25, 0.3) is 0 Å². The summed E-state index contributed by atoms with van der Waals surface area (Å²) < 4.78 is 0. The molecule has 0 unspecified atom stereocenters. The summed E-state index contributed by atoms with van der Waals surface area (Å²) in [6, 6.07) is 4.98. The SMILES string of the molecule is Cc1cc(O)nc2ccc(N)c(Cl)c12. The summed E-state index contributed by atoms with van der Waals surface area (Å²) in [6.45, 7) is 1.86. The van der Waals surface area contributed by atoms with Crippen molar-refractivity contribution in [3.8, 4) is 5.88 Å². The van der Waals surface area contributed by atoms with Crippen molar-refractivity contribution in [3.05, 3.63) is 28.8 Å². The molecule has 2 rings (SSSR count). The number of anilines is 1. The zero-order valence-corrected chi connectivity index (χ0v) is 8.34. The quantitative estimate of drug-likeness (QED) is 0.654. The number of halogens is 1. The molecule has 0 bridgehead atoms. The van der Waals surface area contributed by atoms with Gasteiger partial charge in [-0.3, -0.25) is 0 Å². The van der Waals surface area contributed by atoms with Crippen molar-refractivity contribution in [2.45, 2.75) is 6.92 Å². The van der Waals surface area contributed by atoms with Crippen LogP contribution in [0.1, 0.15) is 5.56 Å². The maximum atomic E-state index is 9.29. The van der Waals surface area contributed by atoms with E-state index >= 15 is 0 Å². The van der Waals surface area contributed by atoms with Crippen molar-refractivity contribution < 1.29 is 5.11 Å². The standard InChI is InChI=1S/C10H9ClN2O/c1-5-4-8(14)13-7-3-2-6(12)10(11)9(5)7/h2-4H,12H2,1H3,(H,13,14). The van der Waals surface area contributed by atoms with Crippen LogP contribution in [-0.2, 0) is 0 Å². The molecule has 0 amide bonds. The predicted molar refractivity (Wildman–Crippen MR) is 57.6 cm³/mol. The van der Waals surface area contributed by atoms with Gasteiger partial charge in [-0.05, 0) is 24.6 Å². The Labute approximate surface area is 86.1 Å². The van der Waals surface area contributed by atoms with Gasteiger partial charge in [0.15, 0.2) is 0 Å². The summed E-state index contributed by atoms with van der Waals surface area (Å²) >= 11 is 6.04. The minimum absolute atomic E-state index is 0.00385. The summed E-state index contributed by atoms with van der Waals surface area (Å²) in [4.78, 5) is 3.95. The molecule has 0 aliphatic heterocycles. The Morgan fingerprint density at radius 2 is 2.14 bits per heavy atom. The van der Waals surface area contributed by atoms with Crippen molar-refractivity contribution in [3.63, 3.8) is 0 Å². The van der Waals surface area contributed by atoms with E-state index in [1.807, 2.05) is 6.92 Å². The van der Waals surface area contributed by atoms with E-state index in [1.54, 1.807) is 18.2 Å². The van der Waals surface area contributed by atoms with Crippen molar-refractivity contribution in [1.29, 1.82) is 0 Å². The Balaban J connectivity index is 2.95. The maximum Gasteiger partial charge on any atom is 0.211 e. The molecule has 1 aromatic heterocycles. The van der Waals surface area contributed by atoms with Crippen molar-refractivity contribution in [1.82, 2.24) is 4.98 Å². The van der Waals surface area contributed by atoms with Gasteiger partial charge < -0.3 is 10.8 Å². The predicted octanol–water partition coefficient (Wildman–Crippen LogP) is 2.48. The number of nitrogen functional groups attached to an aromatic ring is 1. The third kappa shape index (κ3) is 1.26. The van der Waals surface area contributed by atoms with Crippen LogP contribution in [-0.4, -0.2) is 10.1 Å². The van der Waals surface area contributed by atoms with E-state index in [2.05, 4.69) is 4.98 Å². The zero-order chi connectivity index (χ0) is 10.3. The molecule has 3 nitrogen and oxygen atoms in total. The molecule has 0 radical (unpaired) electrons. The fraction of sp³-hybridized carbons (Fsp3) is 0.100. The van der Waals surface area contributed by atoms with E-state index < -0.39 is 0 Å². The molecule has 2 aromatic rings. The van der Waals surface area contributed by atoms with Crippen LogP contribution in [0.3, 0.4) is 0 Å². The fourth-order valence-corrected chi connectivity index (χ4v) is 1.78. The highest BCUT2D eigenvalue weighted by Gasteiger charge is 2.07. The highest BCUT2D eigenvalue weighted by Crippen LogP contribution is 2.31. The summed E-state index contributed by atoms with van der Waals surface area (Å²) in [6.07, 6.45) is 0. The maximum absolute atomic E-state index is 9.29. The van der Waals surface area contributed by atoms with Gasteiger partial charge in [0.1, 0.15) is 0 Å². The molecule has 0 saturated carbocycles. The number of fused-ring (bicyclic) bond motifs is 1. The summed E-state index contributed by atoms with van der Waals surface area (Å²) in [5.74, 6) is -0.00385. The van der Waals surface area contributed by atoms with Gasteiger partial charge in [-0.15, -0.1) is 0 Å². The molecular formula is C10H9ClN2O. The number of nitrogens with two attached hydrogens (primary N) is 1. The van der Waals surface area contributed by atoms with Crippen LogP contribution in [0, 0.1) is 6.92 Å². The van der Waals surface area contributed by atoms with Crippen LogP contribution in [0.25, 0.3) is 10.9 Å². The number of pyridine rings is 1. The molecular weight excluding hydrogens is 200 g/mol. The lowest BCUT2D eigenvalue weighted by atomic mass is 10.1. The Hall–Kier alpha value is -1.48. The normalized spacial score (nSPS) is 10.7. The van der Waals surface area contributed by atoms with Gasteiger partial charge in [-0.1, -0.05) is 11.6 Å². The van der Waals surface area contributed by atoms with Crippen LogP contribution in [0.15, 0.2) is 18.2 Å². The molecule has 0 aliphatic carbocycles. The van der Waals surface area contributed by atoms with Crippen LogP contribution in [0.4, 0.5) is 5.69 Å². The van der Waals surface area contributed by atoms with E-state index in [9.17, 15) is 5.11 Å². The Kier molecular flexibility index (Phi) is 1.97. The van der Waals surface area contributed by atoms with Crippen LogP contribution >= 0.6 is 11.6 Å². The van der Waals surface area contributed by atoms with E-state index in [4.69, 9.17) is 17.3 Å². The second-order valence-corrected chi connectivity index (χ2v) is 3.54. The molecule has 4 heteroatoms. The lowest BCUT2D eigenvalue weighted by molar-refractivity contribution is 0.455. The first kappa shape index (κ1) is 9.09. The molecule has 0 saturated heterocycles. The number of aryl methyl sites for hydroxylation is 1. The average molecular weight is 209 g/mol. The Morgan fingerprint density at radius 1 is 1.43 bits per heavy atom. The Bertz CT molecular complexity index is 511. The fourth-order valence-electron chi connectivity index (χ4n) is 1.47. The summed E-state index contributed by atoms with van der Waals surface area (Å²) in [7, 11) is 0.